The van der Waals surface area contributed by atoms with Gasteiger partial charge in [-0.15, -0.1) is 0 Å². The van der Waals surface area contributed by atoms with Crippen molar-refractivity contribution in [3.63, 3.8) is 0 Å². The zero-order valence-electron chi connectivity index (χ0n) is 9.02. The maximum atomic E-state index is 13.1. The highest BCUT2D eigenvalue weighted by atomic mass is 19.1. The number of hydrogen-bond donors (Lipinski definition) is 2. The Morgan fingerprint density at radius 3 is 2.62 bits per heavy atom. The van der Waals surface area contributed by atoms with Gasteiger partial charge in [0, 0.05) is 7.11 Å². The fourth-order valence-corrected chi connectivity index (χ4v) is 1.24. The molecule has 1 aromatic carbocycles. The van der Waals surface area contributed by atoms with E-state index in [-0.39, 0.29) is 12.1 Å². The molecule has 0 unspecified atom stereocenters. The Morgan fingerprint density at radius 1 is 1.25 bits per heavy atom. The maximum absolute atomic E-state index is 13.1. The first-order valence-corrected chi connectivity index (χ1v) is 4.85. The fourth-order valence-electron chi connectivity index (χ4n) is 1.24. The predicted molar refractivity (Wildman–Crippen MR) is 57.8 cm³/mol. The predicted octanol–water partition coefficient (Wildman–Crippen LogP) is -0.331. The summed E-state index contributed by atoms with van der Waals surface area (Å²) in [6.45, 7) is 1.08. The Kier molecular flexibility index (Phi) is 5.41. The zero-order chi connectivity index (χ0) is 12.0. The number of hydrogen-bond acceptors (Lipinski definition) is 4. The molecule has 2 N–H and O–H groups in total. The molecule has 0 heterocycles. The second kappa shape index (κ2) is 6.60. The molecule has 0 atom stereocenters. The molecule has 1 aromatic rings. The van der Waals surface area contributed by atoms with Crippen LogP contribution in [0.4, 0.5) is 4.39 Å². The Morgan fingerprint density at radius 2 is 2.00 bits per heavy atom. The Hall–Kier alpha value is -0.945. The molecule has 1 rings (SSSR count). The maximum Gasteiger partial charge on any atom is 0.488 e. The van der Waals surface area contributed by atoms with Crippen LogP contribution in [0.2, 0.25) is 0 Å². The number of rotatable bonds is 6. The summed E-state index contributed by atoms with van der Waals surface area (Å²) in [6, 6.07) is 3.85. The largest absolute Gasteiger partial charge is 0.488 e. The van der Waals surface area contributed by atoms with Crippen LogP contribution >= 0.6 is 0 Å². The van der Waals surface area contributed by atoms with Crippen molar-refractivity contribution >= 4 is 12.6 Å². The quantitative estimate of drug-likeness (QED) is 0.517. The average Bonchev–Trinajstić information content (AvgIpc) is 2.23. The molecule has 0 aliphatic heterocycles. The van der Waals surface area contributed by atoms with Gasteiger partial charge in [0.2, 0.25) is 0 Å². The molecule has 0 fully saturated rings. The van der Waals surface area contributed by atoms with Crippen molar-refractivity contribution in [1.82, 2.24) is 0 Å². The van der Waals surface area contributed by atoms with Crippen LogP contribution in [-0.4, -0.2) is 37.5 Å². The molecule has 0 aromatic heterocycles. The molecule has 0 aliphatic carbocycles. The summed E-state index contributed by atoms with van der Waals surface area (Å²) in [7, 11) is -0.111. The third-order valence-corrected chi connectivity index (χ3v) is 1.98. The Bertz CT molecular complexity index is 333. The van der Waals surface area contributed by atoms with E-state index in [4.69, 9.17) is 19.5 Å². The molecule has 0 bridgehead atoms. The van der Waals surface area contributed by atoms with Gasteiger partial charge in [0.25, 0.3) is 0 Å². The Labute approximate surface area is 93.8 Å². The lowest BCUT2D eigenvalue weighted by Crippen LogP contribution is -2.30. The highest BCUT2D eigenvalue weighted by Gasteiger charge is 2.13. The van der Waals surface area contributed by atoms with E-state index in [0.29, 0.717) is 18.8 Å². The first-order chi connectivity index (χ1) is 7.63. The minimum atomic E-state index is -1.67. The molecule has 88 valence electrons. The van der Waals surface area contributed by atoms with Crippen molar-refractivity contribution in [3.05, 3.63) is 29.6 Å². The summed E-state index contributed by atoms with van der Waals surface area (Å²) in [4.78, 5) is 0. The summed E-state index contributed by atoms with van der Waals surface area (Å²) in [5.41, 5.74) is 0.671. The van der Waals surface area contributed by atoms with Crippen molar-refractivity contribution in [2.75, 3.05) is 20.3 Å². The van der Waals surface area contributed by atoms with Crippen LogP contribution in [-0.2, 0) is 16.1 Å². The van der Waals surface area contributed by atoms with Crippen LogP contribution in [0, 0.1) is 5.82 Å². The molecule has 16 heavy (non-hydrogen) atoms. The van der Waals surface area contributed by atoms with Crippen molar-refractivity contribution in [1.29, 1.82) is 0 Å². The molecular weight excluding hydrogens is 214 g/mol. The van der Waals surface area contributed by atoms with Crippen molar-refractivity contribution in [3.8, 4) is 0 Å². The van der Waals surface area contributed by atoms with Gasteiger partial charge in [0.05, 0.1) is 19.8 Å². The van der Waals surface area contributed by atoms with E-state index in [1.54, 1.807) is 7.11 Å². The van der Waals surface area contributed by atoms with E-state index < -0.39 is 12.9 Å². The molecule has 0 radical (unpaired) electrons. The topological polar surface area (TPSA) is 58.9 Å². The molecule has 0 amide bonds. The summed E-state index contributed by atoms with van der Waals surface area (Å²) in [5.74, 6) is -0.518. The number of halogens is 1. The van der Waals surface area contributed by atoms with Gasteiger partial charge in [-0.05, 0) is 23.2 Å². The summed E-state index contributed by atoms with van der Waals surface area (Å²) in [6.07, 6.45) is 0. The summed E-state index contributed by atoms with van der Waals surface area (Å²) in [5, 5.41) is 17.8. The molecule has 0 aliphatic rings. The van der Waals surface area contributed by atoms with Crippen molar-refractivity contribution in [2.45, 2.75) is 6.61 Å². The summed E-state index contributed by atoms with van der Waals surface area (Å²) < 4.78 is 23.0. The van der Waals surface area contributed by atoms with Gasteiger partial charge in [-0.25, -0.2) is 4.39 Å². The lowest BCUT2D eigenvalue weighted by Gasteiger charge is -2.06. The lowest BCUT2D eigenvalue weighted by atomic mass is 9.79. The fraction of sp³-hybridized carbons (Fsp3) is 0.400. The molecular formula is C10H14BFO4. The molecule has 0 spiro atoms. The van der Waals surface area contributed by atoms with Crippen LogP contribution in [0.1, 0.15) is 5.56 Å². The van der Waals surface area contributed by atoms with E-state index in [1.807, 2.05) is 0 Å². The van der Waals surface area contributed by atoms with E-state index in [1.165, 1.54) is 12.1 Å². The standard InChI is InChI=1S/C10H14BFO4/c1-15-2-3-16-7-8-4-9(11(13)14)6-10(12)5-8/h4-6,13-14H,2-3,7H2,1H3. The van der Waals surface area contributed by atoms with E-state index >= 15 is 0 Å². The van der Waals surface area contributed by atoms with Gasteiger partial charge >= 0.3 is 7.12 Å². The van der Waals surface area contributed by atoms with Gasteiger partial charge in [0.15, 0.2) is 0 Å². The van der Waals surface area contributed by atoms with E-state index in [9.17, 15) is 4.39 Å². The minimum Gasteiger partial charge on any atom is -0.423 e. The van der Waals surface area contributed by atoms with Gasteiger partial charge in [-0.3, -0.25) is 0 Å². The number of ether oxygens (including phenoxy) is 2. The highest BCUT2D eigenvalue weighted by molar-refractivity contribution is 6.58. The molecule has 6 heteroatoms. The SMILES string of the molecule is COCCOCc1cc(F)cc(B(O)O)c1. The van der Waals surface area contributed by atoms with Gasteiger partial charge < -0.3 is 19.5 Å². The van der Waals surface area contributed by atoms with E-state index in [0.717, 1.165) is 6.07 Å². The monoisotopic (exact) mass is 228 g/mol. The first kappa shape index (κ1) is 13.1. The Balaban J connectivity index is 2.58. The average molecular weight is 228 g/mol. The highest BCUT2D eigenvalue weighted by Crippen LogP contribution is 2.04. The minimum absolute atomic E-state index is 0.116. The smallest absolute Gasteiger partial charge is 0.423 e. The van der Waals surface area contributed by atoms with Gasteiger partial charge in [-0.1, -0.05) is 6.07 Å². The third-order valence-electron chi connectivity index (χ3n) is 1.98. The zero-order valence-corrected chi connectivity index (χ0v) is 9.02. The van der Waals surface area contributed by atoms with Crippen molar-refractivity contribution < 1.29 is 23.9 Å². The number of methoxy groups -OCH3 is 1. The summed E-state index contributed by atoms with van der Waals surface area (Å²) >= 11 is 0. The molecule has 0 saturated carbocycles. The van der Waals surface area contributed by atoms with Crippen LogP contribution < -0.4 is 5.46 Å². The molecule has 0 saturated heterocycles. The van der Waals surface area contributed by atoms with Gasteiger partial charge in [0.1, 0.15) is 5.82 Å². The van der Waals surface area contributed by atoms with E-state index in [2.05, 4.69) is 0 Å². The van der Waals surface area contributed by atoms with Crippen LogP contribution in [0.15, 0.2) is 18.2 Å². The van der Waals surface area contributed by atoms with Crippen molar-refractivity contribution in [2.24, 2.45) is 0 Å². The van der Waals surface area contributed by atoms with Crippen LogP contribution in [0.3, 0.4) is 0 Å². The van der Waals surface area contributed by atoms with Crippen LogP contribution in [0.5, 0.6) is 0 Å². The number of benzene rings is 1. The normalized spacial score (nSPS) is 10.5. The van der Waals surface area contributed by atoms with Crippen LogP contribution in [0.25, 0.3) is 0 Å². The first-order valence-electron chi connectivity index (χ1n) is 4.85. The lowest BCUT2D eigenvalue weighted by molar-refractivity contribution is 0.0616. The molecule has 4 nitrogen and oxygen atoms in total. The second-order valence-electron chi connectivity index (χ2n) is 3.31. The third kappa shape index (κ3) is 4.28. The second-order valence-corrected chi connectivity index (χ2v) is 3.31. The van der Waals surface area contributed by atoms with Gasteiger partial charge in [-0.2, -0.15) is 0 Å².